The first-order valence-corrected chi connectivity index (χ1v) is 10.1. The molecule has 0 N–H and O–H groups in total. The van der Waals surface area contributed by atoms with Gasteiger partial charge in [-0.05, 0) is 48.2 Å². The number of halogens is 2. The summed E-state index contributed by atoms with van der Waals surface area (Å²) in [7, 11) is 1.69. The van der Waals surface area contributed by atoms with Crippen molar-refractivity contribution in [1.29, 1.82) is 5.26 Å². The zero-order chi connectivity index (χ0) is 19.2. The summed E-state index contributed by atoms with van der Waals surface area (Å²) in [6.07, 6.45) is 2.09. The number of aliphatic imine (C=N–C) groups is 1. The lowest BCUT2D eigenvalue weighted by molar-refractivity contribution is 0.409. The van der Waals surface area contributed by atoms with Crippen LogP contribution < -0.4 is 4.74 Å². The van der Waals surface area contributed by atoms with Crippen molar-refractivity contribution in [3.63, 3.8) is 0 Å². The lowest BCUT2D eigenvalue weighted by atomic mass is 9.98. The molecule has 0 bridgehead atoms. The first-order valence-electron chi connectivity index (χ1n) is 8.90. The molecule has 3 rings (SSSR count). The van der Waals surface area contributed by atoms with E-state index in [9.17, 15) is 0 Å². The Kier molecular flexibility index (Phi) is 6.76. The fourth-order valence-electron chi connectivity index (χ4n) is 3.37. The lowest BCUT2D eigenvalue weighted by Gasteiger charge is -2.21. The van der Waals surface area contributed by atoms with Gasteiger partial charge in [-0.2, -0.15) is 5.26 Å². The van der Waals surface area contributed by atoms with Gasteiger partial charge in [-0.3, -0.25) is 4.99 Å². The largest absolute Gasteiger partial charge is 0.496 e. The van der Waals surface area contributed by atoms with Gasteiger partial charge in [0.25, 0.3) is 0 Å². The molecule has 0 fully saturated rings. The Balaban J connectivity index is 1.87. The van der Waals surface area contributed by atoms with Gasteiger partial charge >= 0.3 is 0 Å². The molecule has 0 radical (unpaired) electrons. The molecular weight excluding hydrogens is 426 g/mol. The van der Waals surface area contributed by atoms with E-state index in [-0.39, 0.29) is 0 Å². The van der Waals surface area contributed by atoms with E-state index >= 15 is 0 Å². The van der Waals surface area contributed by atoms with Crippen molar-refractivity contribution in [2.24, 2.45) is 4.99 Å². The van der Waals surface area contributed by atoms with Gasteiger partial charge in [0.15, 0.2) is 0 Å². The molecular formula is C21H21BrClN3O. The van der Waals surface area contributed by atoms with Crippen molar-refractivity contribution in [1.82, 2.24) is 4.90 Å². The SMILES string of the molecule is COc1ccc(Br)cc1CCc1c(Cl)cccc1C1=NCCN1CCC#N. The average molecular weight is 447 g/mol. The van der Waals surface area contributed by atoms with Gasteiger partial charge in [0.1, 0.15) is 11.6 Å². The molecule has 27 heavy (non-hydrogen) atoms. The van der Waals surface area contributed by atoms with E-state index in [4.69, 9.17) is 21.6 Å². The molecule has 1 heterocycles. The normalized spacial score (nSPS) is 13.4. The van der Waals surface area contributed by atoms with E-state index in [1.54, 1.807) is 7.11 Å². The third kappa shape index (κ3) is 4.63. The Morgan fingerprint density at radius 2 is 2.15 bits per heavy atom. The molecule has 0 atom stereocenters. The standard InChI is InChI=1S/C21H21BrClN3O/c1-27-20-9-7-16(22)14-15(20)6-8-17-18(4-2-5-19(17)23)21-25-11-13-26(21)12-3-10-24/h2,4-5,7,9,14H,3,6,8,11-13H2,1H3. The third-order valence-corrected chi connectivity index (χ3v) is 5.52. The number of aryl methyl sites for hydroxylation is 1. The molecule has 0 saturated heterocycles. The summed E-state index contributed by atoms with van der Waals surface area (Å²) in [6, 6.07) is 14.2. The number of ether oxygens (including phenoxy) is 1. The summed E-state index contributed by atoms with van der Waals surface area (Å²) in [4.78, 5) is 6.87. The second-order valence-corrected chi connectivity index (χ2v) is 7.65. The maximum absolute atomic E-state index is 8.91. The molecule has 0 unspecified atom stereocenters. The van der Waals surface area contributed by atoms with Crippen molar-refractivity contribution in [3.8, 4) is 11.8 Å². The van der Waals surface area contributed by atoms with Gasteiger partial charge in [-0.1, -0.05) is 39.7 Å². The maximum Gasteiger partial charge on any atom is 0.131 e. The van der Waals surface area contributed by atoms with Crippen LogP contribution in [-0.4, -0.2) is 37.5 Å². The van der Waals surface area contributed by atoms with Crippen LogP contribution in [0.25, 0.3) is 0 Å². The summed E-state index contributed by atoms with van der Waals surface area (Å²) in [5.74, 6) is 1.82. The smallest absolute Gasteiger partial charge is 0.131 e. The highest BCUT2D eigenvalue weighted by atomic mass is 79.9. The minimum atomic E-state index is 0.490. The van der Waals surface area contributed by atoms with Crippen LogP contribution in [0.15, 0.2) is 45.9 Å². The molecule has 0 aliphatic carbocycles. The molecule has 140 valence electrons. The number of nitrogens with zero attached hydrogens (tertiary/aromatic N) is 3. The van der Waals surface area contributed by atoms with Crippen LogP contribution in [0.5, 0.6) is 5.75 Å². The monoisotopic (exact) mass is 445 g/mol. The summed E-state index contributed by atoms with van der Waals surface area (Å²) in [6.45, 7) is 2.30. The minimum absolute atomic E-state index is 0.490. The van der Waals surface area contributed by atoms with Crippen LogP contribution in [-0.2, 0) is 12.8 Å². The number of amidine groups is 1. The molecule has 6 heteroatoms. The zero-order valence-electron chi connectivity index (χ0n) is 15.2. The van der Waals surface area contributed by atoms with Crippen LogP contribution in [0.3, 0.4) is 0 Å². The van der Waals surface area contributed by atoms with Gasteiger partial charge in [-0.15, -0.1) is 0 Å². The Morgan fingerprint density at radius 1 is 1.30 bits per heavy atom. The Labute approximate surface area is 173 Å². The van der Waals surface area contributed by atoms with Crippen molar-refractivity contribution < 1.29 is 4.74 Å². The zero-order valence-corrected chi connectivity index (χ0v) is 17.6. The molecule has 2 aromatic carbocycles. The molecule has 4 nitrogen and oxygen atoms in total. The topological polar surface area (TPSA) is 48.6 Å². The first kappa shape index (κ1) is 19.7. The van der Waals surface area contributed by atoms with Crippen molar-refractivity contribution >= 4 is 33.4 Å². The molecule has 0 aromatic heterocycles. The summed E-state index contributed by atoms with van der Waals surface area (Å²) >= 11 is 10.1. The number of rotatable bonds is 7. The highest BCUT2D eigenvalue weighted by molar-refractivity contribution is 9.10. The summed E-state index contributed by atoms with van der Waals surface area (Å²) in [5.41, 5.74) is 3.28. The lowest BCUT2D eigenvalue weighted by Crippen LogP contribution is -2.30. The van der Waals surface area contributed by atoms with E-state index in [1.807, 2.05) is 24.3 Å². The van der Waals surface area contributed by atoms with E-state index in [0.717, 1.165) is 63.7 Å². The number of methoxy groups -OCH3 is 1. The fraction of sp³-hybridized carbons (Fsp3) is 0.333. The number of hydrogen-bond donors (Lipinski definition) is 0. The molecule has 0 saturated carbocycles. The van der Waals surface area contributed by atoms with E-state index in [0.29, 0.717) is 13.0 Å². The minimum Gasteiger partial charge on any atom is -0.496 e. The second-order valence-electron chi connectivity index (χ2n) is 6.32. The summed E-state index contributed by atoms with van der Waals surface area (Å²) in [5, 5.41) is 9.66. The van der Waals surface area contributed by atoms with E-state index < -0.39 is 0 Å². The predicted molar refractivity (Wildman–Crippen MR) is 113 cm³/mol. The average Bonchev–Trinajstić information content (AvgIpc) is 3.13. The highest BCUT2D eigenvalue weighted by Crippen LogP contribution is 2.28. The van der Waals surface area contributed by atoms with Gasteiger partial charge < -0.3 is 9.64 Å². The van der Waals surface area contributed by atoms with Crippen LogP contribution >= 0.6 is 27.5 Å². The van der Waals surface area contributed by atoms with Gasteiger partial charge in [-0.25, -0.2) is 0 Å². The van der Waals surface area contributed by atoms with Crippen molar-refractivity contribution in [2.75, 3.05) is 26.7 Å². The molecule has 0 amide bonds. The Hall–Kier alpha value is -2.03. The van der Waals surface area contributed by atoms with Crippen LogP contribution in [0.4, 0.5) is 0 Å². The number of nitriles is 1. The number of benzene rings is 2. The molecule has 1 aliphatic rings. The molecule has 2 aromatic rings. The number of hydrogen-bond acceptors (Lipinski definition) is 4. The van der Waals surface area contributed by atoms with E-state index in [2.05, 4.69) is 44.0 Å². The van der Waals surface area contributed by atoms with E-state index in [1.165, 1.54) is 0 Å². The molecule has 1 aliphatic heterocycles. The first-order chi connectivity index (χ1) is 13.1. The fourth-order valence-corrected chi connectivity index (χ4v) is 4.04. The van der Waals surface area contributed by atoms with Crippen molar-refractivity contribution in [2.45, 2.75) is 19.3 Å². The van der Waals surface area contributed by atoms with Crippen LogP contribution in [0, 0.1) is 11.3 Å². The predicted octanol–water partition coefficient (Wildman–Crippen LogP) is 4.87. The summed E-state index contributed by atoms with van der Waals surface area (Å²) < 4.78 is 6.52. The van der Waals surface area contributed by atoms with Crippen molar-refractivity contribution in [3.05, 3.63) is 62.6 Å². The maximum atomic E-state index is 8.91. The van der Waals surface area contributed by atoms with Gasteiger partial charge in [0.2, 0.25) is 0 Å². The highest BCUT2D eigenvalue weighted by Gasteiger charge is 2.22. The Bertz CT molecular complexity index is 891. The van der Waals surface area contributed by atoms with Gasteiger partial charge in [0.05, 0.1) is 26.1 Å². The second kappa shape index (κ2) is 9.25. The molecule has 0 spiro atoms. The van der Waals surface area contributed by atoms with Crippen LogP contribution in [0.1, 0.15) is 23.1 Å². The van der Waals surface area contributed by atoms with Crippen LogP contribution in [0.2, 0.25) is 5.02 Å². The Morgan fingerprint density at radius 3 is 2.93 bits per heavy atom. The quantitative estimate of drug-likeness (QED) is 0.609. The third-order valence-electron chi connectivity index (χ3n) is 4.67. The van der Waals surface area contributed by atoms with Gasteiger partial charge in [0, 0.05) is 28.1 Å².